The van der Waals surface area contributed by atoms with Crippen molar-refractivity contribution in [3.05, 3.63) is 70.8 Å². The van der Waals surface area contributed by atoms with Crippen LogP contribution < -0.4 is 4.74 Å². The van der Waals surface area contributed by atoms with Gasteiger partial charge in [0.1, 0.15) is 11.5 Å². The van der Waals surface area contributed by atoms with Crippen molar-refractivity contribution in [1.29, 1.82) is 5.26 Å². The van der Waals surface area contributed by atoms with Gasteiger partial charge >= 0.3 is 0 Å². The summed E-state index contributed by atoms with van der Waals surface area (Å²) in [6.07, 6.45) is 3.71. The fraction of sp³-hybridized carbons (Fsp3) is 0.261. The average molecular weight is 359 g/mol. The lowest BCUT2D eigenvalue weighted by Gasteiger charge is -2.12. The second-order valence-corrected chi connectivity index (χ2v) is 6.74. The van der Waals surface area contributed by atoms with Crippen LogP contribution in [0.3, 0.4) is 0 Å². The zero-order valence-electron chi connectivity index (χ0n) is 16.8. The zero-order valence-corrected chi connectivity index (χ0v) is 16.8. The van der Waals surface area contributed by atoms with Crippen molar-refractivity contribution in [2.45, 2.75) is 41.5 Å². The summed E-state index contributed by atoms with van der Waals surface area (Å²) in [7, 11) is 0. The van der Waals surface area contributed by atoms with Crippen LogP contribution in [0.2, 0.25) is 0 Å². The molecule has 0 aliphatic rings. The van der Waals surface area contributed by atoms with Gasteiger partial charge < -0.3 is 4.74 Å². The molecule has 2 aromatic rings. The molecule has 0 saturated carbocycles. The molecule has 27 heavy (non-hydrogen) atoms. The molecule has 4 heteroatoms. The van der Waals surface area contributed by atoms with Crippen LogP contribution in [-0.4, -0.2) is 10.7 Å². The van der Waals surface area contributed by atoms with E-state index in [4.69, 9.17) is 4.74 Å². The Morgan fingerprint density at radius 2 is 1.85 bits per heavy atom. The van der Waals surface area contributed by atoms with Crippen LogP contribution in [0.1, 0.15) is 45.7 Å². The minimum Gasteiger partial charge on any atom is -0.461 e. The molecular formula is C23H25N3O. The van der Waals surface area contributed by atoms with Gasteiger partial charge in [-0.15, -0.1) is 0 Å². The first kappa shape index (κ1) is 20.1. The molecule has 0 saturated heterocycles. The van der Waals surface area contributed by atoms with E-state index in [1.54, 1.807) is 12.1 Å². The number of allylic oxidation sites excluding steroid dienone is 4. The van der Waals surface area contributed by atoms with Crippen LogP contribution in [0, 0.1) is 18.3 Å². The van der Waals surface area contributed by atoms with E-state index in [0.717, 1.165) is 28.2 Å². The summed E-state index contributed by atoms with van der Waals surface area (Å²) in [6, 6.07) is 11.5. The number of pyridine rings is 1. The molecule has 0 bridgehead atoms. The molecular weight excluding hydrogens is 334 g/mol. The van der Waals surface area contributed by atoms with Gasteiger partial charge in [-0.2, -0.15) is 5.26 Å². The fourth-order valence-corrected chi connectivity index (χ4v) is 2.42. The quantitative estimate of drug-likeness (QED) is 0.487. The normalized spacial score (nSPS) is 11.7. The Hall–Kier alpha value is -3.19. The summed E-state index contributed by atoms with van der Waals surface area (Å²) in [5, 5.41) is 9.23. The minimum atomic E-state index is 0.541. The number of rotatable bonds is 5. The number of aliphatic imine (C=N–C) groups is 1. The predicted octanol–water partition coefficient (Wildman–Crippen LogP) is 5.99. The van der Waals surface area contributed by atoms with Crippen LogP contribution >= 0.6 is 0 Å². The van der Waals surface area contributed by atoms with Gasteiger partial charge in [-0.05, 0) is 77.4 Å². The van der Waals surface area contributed by atoms with Gasteiger partial charge in [-0.25, -0.2) is 0 Å². The first-order valence-electron chi connectivity index (χ1n) is 8.83. The van der Waals surface area contributed by atoms with Gasteiger partial charge in [0, 0.05) is 23.2 Å². The molecule has 0 atom stereocenters. The first-order chi connectivity index (χ1) is 12.8. The zero-order chi connectivity index (χ0) is 20.0. The molecule has 1 aromatic heterocycles. The maximum atomic E-state index is 9.23. The van der Waals surface area contributed by atoms with Crippen molar-refractivity contribution in [2.24, 2.45) is 4.99 Å². The minimum absolute atomic E-state index is 0.541. The van der Waals surface area contributed by atoms with E-state index in [9.17, 15) is 5.26 Å². The van der Waals surface area contributed by atoms with E-state index < -0.39 is 0 Å². The lowest BCUT2D eigenvalue weighted by molar-refractivity contribution is 0.430. The van der Waals surface area contributed by atoms with Gasteiger partial charge in [0.2, 0.25) is 0 Å². The van der Waals surface area contributed by atoms with E-state index in [1.165, 1.54) is 5.57 Å². The summed E-state index contributed by atoms with van der Waals surface area (Å²) in [4.78, 5) is 9.04. The van der Waals surface area contributed by atoms with Crippen molar-refractivity contribution < 1.29 is 4.74 Å². The highest BCUT2D eigenvalue weighted by atomic mass is 16.5. The topological polar surface area (TPSA) is 58.3 Å². The van der Waals surface area contributed by atoms with Crippen molar-refractivity contribution >= 4 is 5.71 Å². The Balaban J connectivity index is 2.39. The number of aryl methyl sites for hydroxylation is 1. The maximum Gasteiger partial charge on any atom is 0.137 e. The van der Waals surface area contributed by atoms with Crippen molar-refractivity contribution in [3.63, 3.8) is 0 Å². The molecule has 2 rings (SSSR count). The molecule has 1 heterocycles. The molecule has 138 valence electrons. The van der Waals surface area contributed by atoms with Crippen LogP contribution in [0.4, 0.5) is 0 Å². The van der Waals surface area contributed by atoms with E-state index in [-0.39, 0.29) is 0 Å². The second-order valence-electron chi connectivity index (χ2n) is 6.74. The van der Waals surface area contributed by atoms with Crippen molar-refractivity contribution in [2.75, 3.05) is 0 Å². The summed E-state index contributed by atoms with van der Waals surface area (Å²) in [6.45, 7) is 11.9. The number of nitrogens with zero attached hydrogens (tertiary/aromatic N) is 3. The van der Waals surface area contributed by atoms with E-state index in [2.05, 4.69) is 16.0 Å². The molecule has 1 aromatic carbocycles. The number of hydrogen-bond acceptors (Lipinski definition) is 4. The van der Waals surface area contributed by atoms with E-state index in [1.807, 2.05) is 72.0 Å². The second kappa shape index (κ2) is 8.95. The van der Waals surface area contributed by atoms with E-state index >= 15 is 0 Å². The van der Waals surface area contributed by atoms with Gasteiger partial charge in [0.25, 0.3) is 0 Å². The Morgan fingerprint density at radius 1 is 1.11 bits per heavy atom. The van der Waals surface area contributed by atoms with Gasteiger partial charge in [0.05, 0.1) is 17.3 Å². The third-order valence-electron chi connectivity index (χ3n) is 4.05. The lowest BCUT2D eigenvalue weighted by atomic mass is 10.1. The third-order valence-corrected chi connectivity index (χ3v) is 4.05. The Bertz CT molecular complexity index is 954. The summed E-state index contributed by atoms with van der Waals surface area (Å²) >= 11 is 0. The third kappa shape index (κ3) is 5.65. The van der Waals surface area contributed by atoms with Gasteiger partial charge in [-0.1, -0.05) is 11.6 Å². The predicted molar refractivity (Wildman–Crippen MR) is 111 cm³/mol. The van der Waals surface area contributed by atoms with Crippen LogP contribution in [0.5, 0.6) is 5.75 Å². The molecule has 0 fully saturated rings. The Morgan fingerprint density at radius 3 is 2.44 bits per heavy atom. The Kier molecular flexibility index (Phi) is 6.67. The Labute approximate surface area is 161 Å². The largest absolute Gasteiger partial charge is 0.461 e. The molecule has 0 aliphatic carbocycles. The molecule has 4 nitrogen and oxygen atoms in total. The molecule has 0 spiro atoms. The molecule has 0 radical (unpaired) electrons. The molecule has 0 amide bonds. The molecule has 0 unspecified atom stereocenters. The van der Waals surface area contributed by atoms with Crippen LogP contribution in [0.15, 0.2) is 64.6 Å². The van der Waals surface area contributed by atoms with Gasteiger partial charge in [0.15, 0.2) is 0 Å². The summed E-state index contributed by atoms with van der Waals surface area (Å²) in [5.74, 6) is 1.30. The standard InChI is InChI=1S/C23H25N3O/c1-15(2)19(6)26-17(4)11-18(5)27-23-12-20(13-24)8-9-21(23)22-10-7-16(3)14-25-22/h7-12,14H,1-6H3/b18-11+,26-17-. The fourth-order valence-electron chi connectivity index (χ4n) is 2.42. The number of hydrogen-bond donors (Lipinski definition) is 0. The van der Waals surface area contributed by atoms with Crippen molar-refractivity contribution in [3.8, 4) is 23.1 Å². The van der Waals surface area contributed by atoms with Gasteiger partial charge in [-0.3, -0.25) is 9.98 Å². The number of aromatic nitrogens is 1. The lowest BCUT2D eigenvalue weighted by Crippen LogP contribution is -1.98. The van der Waals surface area contributed by atoms with Crippen molar-refractivity contribution in [1.82, 2.24) is 4.98 Å². The SMILES string of the molecule is CC(C)=C(C)/N=C(C)\C=C(/C)Oc1cc(C#N)ccc1-c1ccc(C)cn1. The van der Waals surface area contributed by atoms with Crippen LogP contribution in [-0.2, 0) is 0 Å². The monoisotopic (exact) mass is 359 g/mol. The smallest absolute Gasteiger partial charge is 0.137 e. The first-order valence-corrected chi connectivity index (χ1v) is 8.83. The molecule has 0 N–H and O–H groups in total. The number of nitriles is 1. The summed E-state index contributed by atoms with van der Waals surface area (Å²) in [5.41, 5.74) is 6.31. The maximum absolute atomic E-state index is 9.23. The highest BCUT2D eigenvalue weighted by Gasteiger charge is 2.10. The number of ether oxygens (including phenoxy) is 1. The highest BCUT2D eigenvalue weighted by Crippen LogP contribution is 2.31. The van der Waals surface area contributed by atoms with Crippen LogP contribution in [0.25, 0.3) is 11.3 Å². The highest BCUT2D eigenvalue weighted by molar-refractivity contribution is 5.93. The number of benzene rings is 1. The summed E-state index contributed by atoms with van der Waals surface area (Å²) < 4.78 is 6.06. The van der Waals surface area contributed by atoms with E-state index in [0.29, 0.717) is 17.1 Å². The molecule has 0 aliphatic heterocycles. The average Bonchev–Trinajstić information content (AvgIpc) is 2.62.